The zero-order valence-corrected chi connectivity index (χ0v) is 29.1. The van der Waals surface area contributed by atoms with Crippen LogP contribution < -0.4 is 10.6 Å². The number of aromatic nitrogens is 1. The van der Waals surface area contributed by atoms with Gasteiger partial charge in [-0.25, -0.2) is 14.6 Å². The Morgan fingerprint density at radius 2 is 1.59 bits per heavy atom. The highest BCUT2D eigenvalue weighted by atomic mass is 32.2. The third-order valence-electron chi connectivity index (χ3n) is 8.69. The van der Waals surface area contributed by atoms with Crippen molar-refractivity contribution < 1.29 is 28.9 Å². The fourth-order valence-electron chi connectivity index (χ4n) is 5.98. The van der Waals surface area contributed by atoms with E-state index >= 15 is 0 Å². The Bertz CT molecular complexity index is 1860. The smallest absolute Gasteiger partial charge is 0.328 e. The molecule has 1 fully saturated rings. The van der Waals surface area contributed by atoms with Crippen LogP contribution in [-0.2, 0) is 38.6 Å². The number of aliphatic hydroxyl groups excluding tert-OH is 1. The number of hydrogen-bond donors (Lipinski definition) is 3. The number of nitrogens with one attached hydrogen (secondary N) is 2. The van der Waals surface area contributed by atoms with E-state index < -0.39 is 24.3 Å². The molecule has 4 aromatic carbocycles. The molecule has 0 radical (unpaired) electrons. The van der Waals surface area contributed by atoms with E-state index in [0.29, 0.717) is 12.8 Å². The van der Waals surface area contributed by atoms with Crippen molar-refractivity contribution >= 4 is 23.8 Å². The lowest BCUT2D eigenvalue weighted by atomic mass is 9.98. The van der Waals surface area contributed by atoms with E-state index in [0.717, 1.165) is 49.7 Å². The quantitative estimate of drug-likeness (QED) is 0.0874. The molecule has 1 aliphatic heterocycles. The molecule has 2 amide bonds. The van der Waals surface area contributed by atoms with Gasteiger partial charge in [-0.05, 0) is 45.5 Å². The van der Waals surface area contributed by atoms with Crippen LogP contribution in [0.15, 0.2) is 133 Å². The van der Waals surface area contributed by atoms with Crippen molar-refractivity contribution in [1.82, 2.24) is 15.6 Å². The van der Waals surface area contributed by atoms with Gasteiger partial charge in [0, 0.05) is 36.9 Å². The van der Waals surface area contributed by atoms with Crippen molar-refractivity contribution in [3.8, 4) is 11.1 Å². The maximum absolute atomic E-state index is 12.9. The SMILES string of the molecule is COC(=O)[C@H](Cc1ccccc1)NC(=O)NCc1ccccc1-c1ccc([C@@H]2O[C@H](CSc3ccccn3)C[C@H](c3ccc(CO)cc3)O2)cc1. The van der Waals surface area contributed by atoms with Crippen molar-refractivity contribution in [1.29, 1.82) is 0 Å². The Morgan fingerprint density at radius 1 is 0.863 bits per heavy atom. The van der Waals surface area contributed by atoms with Crippen molar-refractivity contribution in [3.63, 3.8) is 0 Å². The van der Waals surface area contributed by atoms with E-state index in [9.17, 15) is 14.7 Å². The van der Waals surface area contributed by atoms with Gasteiger partial charge in [-0.2, -0.15) is 0 Å². The average Bonchev–Trinajstić information content (AvgIpc) is 3.19. The molecule has 0 spiro atoms. The van der Waals surface area contributed by atoms with Gasteiger partial charge in [0.25, 0.3) is 0 Å². The lowest BCUT2D eigenvalue weighted by Gasteiger charge is -2.36. The van der Waals surface area contributed by atoms with E-state index in [-0.39, 0.29) is 25.4 Å². The molecule has 262 valence electrons. The van der Waals surface area contributed by atoms with Crippen LogP contribution >= 0.6 is 11.8 Å². The molecule has 3 N–H and O–H groups in total. The molecular formula is C41H41N3O6S. The molecule has 0 aliphatic carbocycles. The molecule has 0 unspecified atom stereocenters. The second-order valence-electron chi connectivity index (χ2n) is 12.2. The van der Waals surface area contributed by atoms with Crippen LogP contribution in [0.5, 0.6) is 0 Å². The first-order valence-corrected chi connectivity index (χ1v) is 17.9. The number of carbonyl (C=O) groups is 2. The number of methoxy groups -OCH3 is 1. The van der Waals surface area contributed by atoms with Crippen LogP contribution in [0.2, 0.25) is 0 Å². The van der Waals surface area contributed by atoms with E-state index in [2.05, 4.69) is 15.6 Å². The number of carbonyl (C=O) groups excluding carboxylic acids is 2. The number of benzene rings is 4. The third kappa shape index (κ3) is 9.83. The fraction of sp³-hybridized carbons (Fsp3) is 0.244. The number of ether oxygens (including phenoxy) is 3. The minimum Gasteiger partial charge on any atom is -0.467 e. The molecule has 10 heteroatoms. The Labute approximate surface area is 302 Å². The second kappa shape index (κ2) is 17.8. The minimum atomic E-state index is -0.822. The van der Waals surface area contributed by atoms with Crippen LogP contribution in [0.3, 0.4) is 0 Å². The topological polar surface area (TPSA) is 119 Å². The lowest BCUT2D eigenvalue weighted by Crippen LogP contribution is -2.47. The van der Waals surface area contributed by atoms with Crippen molar-refractivity contribution in [2.75, 3.05) is 12.9 Å². The molecule has 1 saturated heterocycles. The molecule has 6 rings (SSSR count). The van der Waals surface area contributed by atoms with Gasteiger partial charge < -0.3 is 30.0 Å². The molecule has 51 heavy (non-hydrogen) atoms. The van der Waals surface area contributed by atoms with Crippen LogP contribution in [-0.4, -0.2) is 47.1 Å². The Kier molecular flexibility index (Phi) is 12.5. The largest absolute Gasteiger partial charge is 0.467 e. The van der Waals surface area contributed by atoms with Crippen LogP contribution in [0, 0.1) is 0 Å². The molecule has 4 atom stereocenters. The van der Waals surface area contributed by atoms with E-state index in [1.807, 2.05) is 121 Å². The highest BCUT2D eigenvalue weighted by Crippen LogP contribution is 2.40. The fourth-order valence-corrected chi connectivity index (χ4v) is 6.86. The number of thioether (sulfide) groups is 1. The number of esters is 1. The number of urea groups is 1. The van der Waals surface area contributed by atoms with Gasteiger partial charge in [0.1, 0.15) is 6.04 Å². The highest BCUT2D eigenvalue weighted by Gasteiger charge is 2.32. The van der Waals surface area contributed by atoms with E-state index in [1.54, 1.807) is 18.0 Å². The molecular weight excluding hydrogens is 663 g/mol. The highest BCUT2D eigenvalue weighted by molar-refractivity contribution is 7.99. The first-order valence-electron chi connectivity index (χ1n) is 16.9. The summed E-state index contributed by atoms with van der Waals surface area (Å²) >= 11 is 1.66. The molecule has 2 heterocycles. The summed E-state index contributed by atoms with van der Waals surface area (Å²) in [7, 11) is 1.31. The van der Waals surface area contributed by atoms with Gasteiger partial charge in [-0.15, -0.1) is 11.8 Å². The van der Waals surface area contributed by atoms with Gasteiger partial charge >= 0.3 is 12.0 Å². The number of amides is 2. The zero-order valence-electron chi connectivity index (χ0n) is 28.3. The summed E-state index contributed by atoms with van der Waals surface area (Å²) in [5.41, 5.74) is 6.56. The van der Waals surface area contributed by atoms with Gasteiger partial charge in [0.15, 0.2) is 6.29 Å². The number of aliphatic hydroxyl groups is 1. The minimum absolute atomic E-state index is 0.00969. The van der Waals surface area contributed by atoms with Gasteiger partial charge in [0.2, 0.25) is 0 Å². The Balaban J connectivity index is 1.13. The first-order chi connectivity index (χ1) is 25.0. The lowest BCUT2D eigenvalue weighted by molar-refractivity contribution is -0.245. The van der Waals surface area contributed by atoms with Crippen LogP contribution in [0.4, 0.5) is 4.79 Å². The number of rotatable bonds is 13. The molecule has 0 bridgehead atoms. The van der Waals surface area contributed by atoms with Crippen LogP contribution in [0.25, 0.3) is 11.1 Å². The summed E-state index contributed by atoms with van der Waals surface area (Å²) in [5, 5.41) is 16.1. The van der Waals surface area contributed by atoms with Crippen LogP contribution in [0.1, 0.15) is 46.6 Å². The number of pyridine rings is 1. The molecule has 1 aliphatic rings. The van der Waals surface area contributed by atoms with Gasteiger partial charge in [0.05, 0.1) is 31.0 Å². The Hall–Kier alpha value is -5.00. The normalized spacial score (nSPS) is 17.6. The third-order valence-corrected chi connectivity index (χ3v) is 9.77. The summed E-state index contributed by atoms with van der Waals surface area (Å²) in [6, 6.07) is 37.9. The van der Waals surface area contributed by atoms with Crippen molar-refractivity contribution in [2.45, 2.75) is 55.6 Å². The van der Waals surface area contributed by atoms with E-state index in [1.165, 1.54) is 7.11 Å². The number of hydrogen-bond acceptors (Lipinski definition) is 8. The molecule has 1 aromatic heterocycles. The van der Waals surface area contributed by atoms with Crippen molar-refractivity contribution in [2.24, 2.45) is 0 Å². The predicted octanol–water partition coefficient (Wildman–Crippen LogP) is 7.16. The molecule has 0 saturated carbocycles. The van der Waals surface area contributed by atoms with Crippen molar-refractivity contribution in [3.05, 3.63) is 155 Å². The summed E-state index contributed by atoms with van der Waals surface area (Å²) < 4.78 is 18.0. The predicted molar refractivity (Wildman–Crippen MR) is 197 cm³/mol. The molecule has 9 nitrogen and oxygen atoms in total. The summed E-state index contributed by atoms with van der Waals surface area (Å²) in [4.78, 5) is 29.8. The maximum Gasteiger partial charge on any atom is 0.328 e. The van der Waals surface area contributed by atoms with Gasteiger partial charge in [-0.1, -0.05) is 109 Å². The summed E-state index contributed by atoms with van der Waals surface area (Å²) in [6.45, 7) is 0.244. The number of nitrogens with zero attached hydrogens (tertiary/aromatic N) is 1. The maximum atomic E-state index is 12.9. The first kappa shape index (κ1) is 35.8. The average molecular weight is 704 g/mol. The second-order valence-corrected chi connectivity index (χ2v) is 13.2. The van der Waals surface area contributed by atoms with E-state index in [4.69, 9.17) is 14.2 Å². The standard InChI is InChI=1S/C41H41N3O6S/c1-48-39(46)36(23-28-9-3-2-4-10-28)44-41(47)43-25-33-11-5-6-12-35(33)30-18-20-32(21-19-30)40-49-34(27-51-38-13-7-8-22-42-38)24-37(50-40)31-16-14-29(26-45)15-17-31/h2-22,34,36-37,40,45H,23-27H2,1H3,(H2,43,44,47)/t34-,36-,37+,40+/m0/s1. The molecule has 5 aromatic rings. The monoisotopic (exact) mass is 703 g/mol. The zero-order chi connectivity index (χ0) is 35.4. The summed E-state index contributed by atoms with van der Waals surface area (Å²) in [6.07, 6.45) is 1.95. The Morgan fingerprint density at radius 3 is 2.31 bits per heavy atom. The summed E-state index contributed by atoms with van der Waals surface area (Å²) in [5.74, 6) is 0.213. The van der Waals surface area contributed by atoms with Gasteiger partial charge in [-0.3, -0.25) is 0 Å².